The zero-order chi connectivity index (χ0) is 26.8. The second-order valence-electron chi connectivity index (χ2n) is 11.5. The standard InChI is InChI=1S/C30H47N7O/c1-33(2)26-12-7-13-28(38-4)25(26)21-35-18-14-23(15-19-35)37-29(31)24-10-5-6-11-27(24)36(30(37)32)20-16-22-9-8-17-34(22)3/h5-7,10-13,22-23,29-30H,8-9,14-21,31-32H2,1-4H3. The van der Waals surface area contributed by atoms with E-state index in [4.69, 9.17) is 16.2 Å². The molecule has 3 aliphatic heterocycles. The summed E-state index contributed by atoms with van der Waals surface area (Å²) in [6, 6.07) is 15.9. The predicted octanol–water partition coefficient (Wildman–Crippen LogP) is 3.23. The molecule has 2 aromatic rings. The summed E-state index contributed by atoms with van der Waals surface area (Å²) in [5, 5.41) is 0. The Morgan fingerprint density at radius 1 is 0.974 bits per heavy atom. The first-order valence-electron chi connectivity index (χ1n) is 14.3. The minimum absolute atomic E-state index is 0.183. The molecule has 2 fully saturated rings. The lowest BCUT2D eigenvalue weighted by Gasteiger charge is -2.52. The molecule has 0 spiro atoms. The number of ether oxygens (including phenoxy) is 1. The van der Waals surface area contributed by atoms with Crippen molar-refractivity contribution in [2.24, 2.45) is 11.5 Å². The van der Waals surface area contributed by atoms with Crippen molar-refractivity contribution in [2.45, 2.75) is 63.2 Å². The summed E-state index contributed by atoms with van der Waals surface area (Å²) in [6.07, 6.45) is 5.42. The highest BCUT2D eigenvalue weighted by Crippen LogP contribution is 2.39. The van der Waals surface area contributed by atoms with Crippen LogP contribution in [0.2, 0.25) is 0 Å². The fourth-order valence-corrected chi connectivity index (χ4v) is 6.88. The maximum absolute atomic E-state index is 7.05. The summed E-state index contributed by atoms with van der Waals surface area (Å²) in [5.74, 6) is 0.957. The molecule has 0 amide bonds. The van der Waals surface area contributed by atoms with Crippen molar-refractivity contribution in [2.75, 3.05) is 64.2 Å². The summed E-state index contributed by atoms with van der Waals surface area (Å²) in [6.45, 7) is 5.07. The van der Waals surface area contributed by atoms with Crippen LogP contribution in [0.1, 0.15) is 49.4 Å². The van der Waals surface area contributed by atoms with Gasteiger partial charge in [0.2, 0.25) is 0 Å². The average Bonchev–Trinajstić information content (AvgIpc) is 3.34. The van der Waals surface area contributed by atoms with E-state index in [1.54, 1.807) is 7.11 Å². The van der Waals surface area contributed by atoms with Gasteiger partial charge in [0, 0.05) is 61.8 Å². The molecule has 4 N–H and O–H groups in total. The van der Waals surface area contributed by atoms with E-state index in [0.29, 0.717) is 12.1 Å². The Bertz CT molecular complexity index is 1070. The number of nitrogens with two attached hydrogens (primary N) is 2. The van der Waals surface area contributed by atoms with Crippen LogP contribution < -0.4 is 26.0 Å². The number of likely N-dealkylation sites (tertiary alicyclic amines) is 2. The quantitative estimate of drug-likeness (QED) is 0.548. The Hall–Kier alpha value is -2.36. The van der Waals surface area contributed by atoms with Gasteiger partial charge in [-0.2, -0.15) is 0 Å². The minimum Gasteiger partial charge on any atom is -0.496 e. The lowest BCUT2D eigenvalue weighted by molar-refractivity contribution is 0.0280. The number of methoxy groups -OCH3 is 1. The second-order valence-corrected chi connectivity index (χ2v) is 11.5. The van der Waals surface area contributed by atoms with E-state index in [2.05, 4.69) is 88.1 Å². The van der Waals surface area contributed by atoms with Crippen molar-refractivity contribution in [3.63, 3.8) is 0 Å². The Morgan fingerprint density at radius 2 is 1.74 bits per heavy atom. The molecule has 2 saturated heterocycles. The molecule has 5 rings (SSSR count). The van der Waals surface area contributed by atoms with E-state index in [1.165, 1.54) is 41.9 Å². The number of para-hydroxylation sites is 1. The molecular formula is C30H47N7O. The molecule has 8 heteroatoms. The van der Waals surface area contributed by atoms with Gasteiger partial charge in [-0.3, -0.25) is 10.6 Å². The van der Waals surface area contributed by atoms with Crippen LogP contribution in [0.25, 0.3) is 0 Å². The van der Waals surface area contributed by atoms with Crippen molar-refractivity contribution in [3.8, 4) is 5.75 Å². The molecule has 8 nitrogen and oxygen atoms in total. The van der Waals surface area contributed by atoms with E-state index in [1.807, 2.05) is 0 Å². The minimum atomic E-state index is -0.210. The van der Waals surface area contributed by atoms with Crippen LogP contribution in [0.15, 0.2) is 42.5 Å². The van der Waals surface area contributed by atoms with Gasteiger partial charge in [-0.1, -0.05) is 24.3 Å². The second kappa shape index (κ2) is 11.8. The van der Waals surface area contributed by atoms with Gasteiger partial charge in [0.25, 0.3) is 0 Å². The fraction of sp³-hybridized carbons (Fsp3) is 0.600. The lowest BCUT2D eigenvalue weighted by atomic mass is 9.97. The van der Waals surface area contributed by atoms with E-state index in [-0.39, 0.29) is 12.5 Å². The Kier molecular flexibility index (Phi) is 8.45. The number of hydrogen-bond acceptors (Lipinski definition) is 8. The van der Waals surface area contributed by atoms with Crippen molar-refractivity contribution >= 4 is 11.4 Å². The van der Waals surface area contributed by atoms with E-state index >= 15 is 0 Å². The highest BCUT2D eigenvalue weighted by atomic mass is 16.5. The third-order valence-electron chi connectivity index (χ3n) is 9.06. The van der Waals surface area contributed by atoms with Crippen LogP contribution in [-0.4, -0.2) is 87.5 Å². The maximum atomic E-state index is 7.05. The van der Waals surface area contributed by atoms with Crippen molar-refractivity contribution in [3.05, 3.63) is 53.6 Å². The molecule has 3 unspecified atom stereocenters. The van der Waals surface area contributed by atoms with E-state index in [9.17, 15) is 0 Å². The topological polar surface area (TPSA) is 77.5 Å². The average molecular weight is 522 g/mol. The summed E-state index contributed by atoms with van der Waals surface area (Å²) in [7, 11) is 8.21. The van der Waals surface area contributed by atoms with E-state index in [0.717, 1.165) is 51.2 Å². The zero-order valence-electron chi connectivity index (χ0n) is 23.7. The number of piperidine rings is 1. The summed E-state index contributed by atoms with van der Waals surface area (Å²) in [4.78, 5) is 12.0. The summed E-state index contributed by atoms with van der Waals surface area (Å²) >= 11 is 0. The first kappa shape index (κ1) is 27.2. The largest absolute Gasteiger partial charge is 0.496 e. The van der Waals surface area contributed by atoms with Gasteiger partial charge >= 0.3 is 0 Å². The number of fused-ring (bicyclic) bond motifs is 1. The highest BCUT2D eigenvalue weighted by Gasteiger charge is 2.40. The molecule has 0 aromatic heterocycles. The molecule has 3 heterocycles. The molecule has 0 radical (unpaired) electrons. The number of rotatable bonds is 8. The Balaban J connectivity index is 1.29. The van der Waals surface area contributed by atoms with Crippen LogP contribution in [0.3, 0.4) is 0 Å². The normalized spacial score (nSPS) is 25.5. The maximum Gasteiger partial charge on any atom is 0.136 e. The SMILES string of the molecule is COc1cccc(N(C)C)c1CN1CCC(N2C(N)c3ccccc3N(CCC3CCCN3C)C2N)CC1. The van der Waals surface area contributed by atoms with Crippen LogP contribution in [0, 0.1) is 0 Å². The van der Waals surface area contributed by atoms with Gasteiger partial charge in [0.1, 0.15) is 12.0 Å². The van der Waals surface area contributed by atoms with Crippen molar-refractivity contribution < 1.29 is 4.74 Å². The van der Waals surface area contributed by atoms with Gasteiger partial charge in [0.15, 0.2) is 0 Å². The number of hydrogen-bond donors (Lipinski definition) is 2. The predicted molar refractivity (Wildman–Crippen MR) is 156 cm³/mol. The number of nitrogens with zero attached hydrogens (tertiary/aromatic N) is 5. The number of benzene rings is 2. The van der Waals surface area contributed by atoms with Crippen LogP contribution >= 0.6 is 0 Å². The Labute approximate surface area is 229 Å². The summed E-state index contributed by atoms with van der Waals surface area (Å²) in [5.41, 5.74) is 18.9. The van der Waals surface area contributed by atoms with Crippen molar-refractivity contribution in [1.82, 2.24) is 14.7 Å². The first-order valence-corrected chi connectivity index (χ1v) is 14.3. The molecule has 3 atom stereocenters. The highest BCUT2D eigenvalue weighted by molar-refractivity contribution is 5.59. The molecular weight excluding hydrogens is 474 g/mol. The molecule has 0 saturated carbocycles. The van der Waals surface area contributed by atoms with Gasteiger partial charge in [-0.25, -0.2) is 4.90 Å². The van der Waals surface area contributed by atoms with Gasteiger partial charge in [0.05, 0.1) is 13.3 Å². The third-order valence-corrected chi connectivity index (χ3v) is 9.06. The first-order chi connectivity index (χ1) is 18.4. The Morgan fingerprint density at radius 3 is 2.42 bits per heavy atom. The third kappa shape index (κ3) is 5.38. The van der Waals surface area contributed by atoms with Gasteiger partial charge < -0.3 is 25.2 Å². The molecule has 3 aliphatic rings. The molecule has 0 aliphatic carbocycles. The van der Waals surface area contributed by atoms with Crippen molar-refractivity contribution in [1.29, 1.82) is 0 Å². The van der Waals surface area contributed by atoms with Gasteiger partial charge in [-0.05, 0) is 77.0 Å². The molecule has 2 aromatic carbocycles. The molecule has 208 valence electrons. The van der Waals surface area contributed by atoms with E-state index < -0.39 is 0 Å². The number of anilines is 2. The lowest BCUT2D eigenvalue weighted by Crippen LogP contribution is -2.65. The fourth-order valence-electron chi connectivity index (χ4n) is 6.88. The van der Waals surface area contributed by atoms with Gasteiger partial charge in [-0.15, -0.1) is 0 Å². The summed E-state index contributed by atoms with van der Waals surface area (Å²) < 4.78 is 5.73. The van der Waals surface area contributed by atoms with Crippen LogP contribution in [-0.2, 0) is 6.54 Å². The smallest absolute Gasteiger partial charge is 0.136 e. The molecule has 0 bridgehead atoms. The van der Waals surface area contributed by atoms with Crippen LogP contribution in [0.4, 0.5) is 11.4 Å². The van der Waals surface area contributed by atoms with Crippen LogP contribution in [0.5, 0.6) is 5.75 Å². The molecule has 38 heavy (non-hydrogen) atoms. The monoisotopic (exact) mass is 521 g/mol. The zero-order valence-corrected chi connectivity index (χ0v) is 23.7.